The van der Waals surface area contributed by atoms with E-state index >= 15 is 0 Å². The molecule has 1 aromatic rings. The molecule has 2 rings (SSSR count). The van der Waals surface area contributed by atoms with Crippen molar-refractivity contribution in [1.29, 1.82) is 0 Å². The number of carbonyl (C=O) groups is 1. The predicted molar refractivity (Wildman–Crippen MR) is 75.5 cm³/mol. The Morgan fingerprint density at radius 2 is 2.00 bits per heavy atom. The summed E-state index contributed by atoms with van der Waals surface area (Å²) in [4.78, 5) is 13.1. The molecule has 1 fully saturated rings. The molecule has 1 heterocycles. The minimum Gasteiger partial charge on any atom is -0.477 e. The molecule has 1 saturated carbocycles. The normalized spacial score (nSPS) is 23.1. The number of hydrogen-bond acceptors (Lipinski definition) is 4. The predicted octanol–water partition coefficient (Wildman–Crippen LogP) is 0.790. The molecule has 7 nitrogen and oxygen atoms in total. The minimum absolute atomic E-state index is 0.0692. The van der Waals surface area contributed by atoms with E-state index < -0.39 is 16.0 Å². The molecular formula is C13H20N2O5S. The summed E-state index contributed by atoms with van der Waals surface area (Å²) in [5, 5.41) is 18.1. The first-order valence-corrected chi connectivity index (χ1v) is 8.44. The number of aliphatic hydroxyl groups excluding tert-OH is 1. The summed E-state index contributed by atoms with van der Waals surface area (Å²) in [7, 11) is -3.73. The third kappa shape index (κ3) is 3.84. The lowest BCUT2D eigenvalue weighted by molar-refractivity contribution is 0.0691. The van der Waals surface area contributed by atoms with E-state index in [1.54, 1.807) is 0 Å². The van der Waals surface area contributed by atoms with Gasteiger partial charge in [0.15, 0.2) is 0 Å². The van der Waals surface area contributed by atoms with Gasteiger partial charge in [-0.3, -0.25) is 0 Å². The van der Waals surface area contributed by atoms with Crippen LogP contribution in [0.4, 0.5) is 0 Å². The smallest absolute Gasteiger partial charge is 0.352 e. The second kappa shape index (κ2) is 6.59. The molecule has 0 spiro atoms. The molecular weight excluding hydrogens is 296 g/mol. The van der Waals surface area contributed by atoms with Crippen molar-refractivity contribution in [1.82, 2.24) is 9.71 Å². The van der Waals surface area contributed by atoms with E-state index in [0.717, 1.165) is 37.9 Å². The van der Waals surface area contributed by atoms with Gasteiger partial charge < -0.3 is 15.2 Å². The Balaban J connectivity index is 2.01. The second-order valence-corrected chi connectivity index (χ2v) is 7.16. The van der Waals surface area contributed by atoms with E-state index in [2.05, 4.69) is 9.71 Å². The van der Waals surface area contributed by atoms with Gasteiger partial charge in [0.1, 0.15) is 10.6 Å². The lowest BCUT2D eigenvalue weighted by Crippen LogP contribution is -2.35. The van der Waals surface area contributed by atoms with Crippen LogP contribution in [0.5, 0.6) is 0 Å². The summed E-state index contributed by atoms with van der Waals surface area (Å²) in [6.45, 7) is 0.334. The van der Waals surface area contributed by atoms with E-state index in [-0.39, 0.29) is 35.6 Å². The van der Waals surface area contributed by atoms with Gasteiger partial charge in [0.05, 0.1) is 0 Å². The number of carboxylic acid groups (broad SMARTS) is 1. The molecule has 2 unspecified atom stereocenters. The summed E-state index contributed by atoms with van der Waals surface area (Å²) in [5.41, 5.74) is -0.165. The van der Waals surface area contributed by atoms with E-state index in [1.807, 2.05) is 0 Å². The molecule has 21 heavy (non-hydrogen) atoms. The lowest BCUT2D eigenvalue weighted by atomic mass is 9.80. The first-order chi connectivity index (χ1) is 9.94. The molecule has 1 aliphatic rings. The molecule has 0 amide bonds. The monoisotopic (exact) mass is 316 g/mol. The van der Waals surface area contributed by atoms with Crippen molar-refractivity contribution in [2.45, 2.75) is 30.6 Å². The van der Waals surface area contributed by atoms with Crippen LogP contribution in [-0.4, -0.2) is 42.7 Å². The van der Waals surface area contributed by atoms with Crippen LogP contribution in [0.2, 0.25) is 0 Å². The van der Waals surface area contributed by atoms with Crippen LogP contribution in [0, 0.1) is 11.8 Å². The highest BCUT2D eigenvalue weighted by Crippen LogP contribution is 2.29. The van der Waals surface area contributed by atoms with Gasteiger partial charge in [-0.05, 0) is 30.7 Å². The fourth-order valence-corrected chi connectivity index (χ4v) is 3.83. The van der Waals surface area contributed by atoms with Gasteiger partial charge in [-0.15, -0.1) is 0 Å². The Kier molecular flexibility index (Phi) is 5.02. The Bertz CT molecular complexity index is 595. The number of carboxylic acids is 1. The number of rotatable bonds is 6. The molecule has 1 aromatic heterocycles. The van der Waals surface area contributed by atoms with Gasteiger partial charge in [0, 0.05) is 19.3 Å². The van der Waals surface area contributed by atoms with Gasteiger partial charge in [-0.25, -0.2) is 17.9 Å². The zero-order valence-electron chi connectivity index (χ0n) is 11.6. The fourth-order valence-electron chi connectivity index (χ4n) is 2.75. The number of aromatic nitrogens is 1. The summed E-state index contributed by atoms with van der Waals surface area (Å²) < 4.78 is 26.7. The number of nitrogens with one attached hydrogen (secondary N) is 2. The number of aliphatic hydroxyl groups is 1. The SMILES string of the molecule is O=C(O)c1cc(S(=O)(=O)NCC2CCCCC2CO)c[nH]1. The van der Waals surface area contributed by atoms with Gasteiger partial charge >= 0.3 is 5.97 Å². The first kappa shape index (κ1) is 16.0. The molecule has 0 radical (unpaired) electrons. The highest BCUT2D eigenvalue weighted by atomic mass is 32.2. The molecule has 2 atom stereocenters. The van der Waals surface area contributed by atoms with Crippen LogP contribution in [0.1, 0.15) is 36.2 Å². The maximum atomic E-state index is 12.1. The van der Waals surface area contributed by atoms with Crippen molar-refractivity contribution in [2.75, 3.05) is 13.2 Å². The Morgan fingerprint density at radius 1 is 1.33 bits per heavy atom. The Hall–Kier alpha value is -1.38. The van der Waals surface area contributed by atoms with Gasteiger partial charge in [0.2, 0.25) is 10.0 Å². The van der Waals surface area contributed by atoms with Crippen LogP contribution < -0.4 is 4.72 Å². The number of H-pyrrole nitrogens is 1. The number of aromatic amines is 1. The Labute approximate surface area is 123 Å². The van der Waals surface area contributed by atoms with Gasteiger partial charge in [-0.2, -0.15) is 0 Å². The summed E-state index contributed by atoms with van der Waals surface area (Å²) in [6, 6.07) is 1.09. The summed E-state index contributed by atoms with van der Waals surface area (Å²) >= 11 is 0. The Morgan fingerprint density at radius 3 is 2.57 bits per heavy atom. The van der Waals surface area contributed by atoms with Crippen LogP contribution in [0.15, 0.2) is 17.2 Å². The molecule has 0 saturated heterocycles. The zero-order valence-corrected chi connectivity index (χ0v) is 12.4. The highest BCUT2D eigenvalue weighted by Gasteiger charge is 2.26. The summed E-state index contributed by atoms with van der Waals surface area (Å²) in [6.07, 6.45) is 5.07. The third-order valence-electron chi connectivity index (χ3n) is 4.03. The van der Waals surface area contributed by atoms with Crippen LogP contribution in [0.3, 0.4) is 0 Å². The molecule has 0 aromatic carbocycles. The minimum atomic E-state index is -3.73. The first-order valence-electron chi connectivity index (χ1n) is 6.96. The summed E-state index contributed by atoms with van der Waals surface area (Å²) in [5.74, 6) is -0.956. The van der Waals surface area contributed by atoms with Crippen molar-refractivity contribution < 1.29 is 23.4 Å². The van der Waals surface area contributed by atoms with Gasteiger partial charge in [-0.1, -0.05) is 12.8 Å². The standard InChI is InChI=1S/C13H20N2O5S/c16-8-10-4-2-1-3-9(10)6-15-21(19,20)11-5-12(13(17)18)14-7-11/h5,7,9-10,14-16H,1-4,6,8H2,(H,17,18). The third-order valence-corrected chi connectivity index (χ3v) is 5.44. The molecule has 4 N–H and O–H groups in total. The average Bonchev–Trinajstić information content (AvgIpc) is 2.96. The molecule has 0 bridgehead atoms. The molecule has 1 aliphatic carbocycles. The average molecular weight is 316 g/mol. The maximum Gasteiger partial charge on any atom is 0.352 e. The maximum absolute atomic E-state index is 12.1. The van der Waals surface area contributed by atoms with Crippen molar-refractivity contribution in [3.05, 3.63) is 18.0 Å². The van der Waals surface area contributed by atoms with Crippen LogP contribution in [0.25, 0.3) is 0 Å². The highest BCUT2D eigenvalue weighted by molar-refractivity contribution is 7.89. The second-order valence-electron chi connectivity index (χ2n) is 5.39. The number of hydrogen-bond donors (Lipinski definition) is 4. The molecule has 8 heteroatoms. The van der Waals surface area contributed by atoms with Gasteiger partial charge in [0.25, 0.3) is 0 Å². The van der Waals surface area contributed by atoms with Crippen LogP contribution >= 0.6 is 0 Å². The van der Waals surface area contributed by atoms with Crippen molar-refractivity contribution in [2.24, 2.45) is 11.8 Å². The number of sulfonamides is 1. The molecule has 0 aliphatic heterocycles. The lowest BCUT2D eigenvalue weighted by Gasteiger charge is -2.30. The van der Waals surface area contributed by atoms with Crippen molar-refractivity contribution >= 4 is 16.0 Å². The van der Waals surface area contributed by atoms with E-state index in [0.29, 0.717) is 0 Å². The topological polar surface area (TPSA) is 119 Å². The van der Waals surface area contributed by atoms with Crippen LogP contribution in [-0.2, 0) is 10.0 Å². The fraction of sp³-hybridized carbons (Fsp3) is 0.615. The zero-order chi connectivity index (χ0) is 15.5. The van der Waals surface area contributed by atoms with E-state index in [4.69, 9.17) is 5.11 Å². The number of aromatic carboxylic acids is 1. The van der Waals surface area contributed by atoms with E-state index in [9.17, 15) is 18.3 Å². The quantitative estimate of drug-likeness (QED) is 0.618. The van der Waals surface area contributed by atoms with Crippen molar-refractivity contribution in [3.63, 3.8) is 0 Å². The molecule has 118 valence electrons. The van der Waals surface area contributed by atoms with Crippen molar-refractivity contribution in [3.8, 4) is 0 Å². The van der Waals surface area contributed by atoms with E-state index in [1.165, 1.54) is 0 Å². The largest absolute Gasteiger partial charge is 0.477 e.